The minimum atomic E-state index is -0.526. The zero-order chi connectivity index (χ0) is 16.5. The van der Waals surface area contributed by atoms with Crippen LogP contribution in [0.2, 0.25) is 0 Å². The number of anilines is 1. The Morgan fingerprint density at radius 1 is 1.41 bits per heavy atom. The van der Waals surface area contributed by atoms with Crippen LogP contribution in [0.25, 0.3) is 0 Å². The highest BCUT2D eigenvalue weighted by molar-refractivity contribution is 7.98. The van der Waals surface area contributed by atoms with Crippen molar-refractivity contribution >= 4 is 29.3 Å². The molecular weight excluding hydrogens is 304 g/mol. The van der Waals surface area contributed by atoms with Crippen LogP contribution in [0.15, 0.2) is 18.2 Å². The molecule has 0 fully saturated rings. The van der Waals surface area contributed by atoms with E-state index in [0.29, 0.717) is 17.9 Å². The van der Waals surface area contributed by atoms with Crippen LogP contribution < -0.4 is 15.8 Å². The number of rotatable bonds is 8. The Balaban J connectivity index is 2.61. The Kier molecular flexibility index (Phi) is 7.76. The van der Waals surface area contributed by atoms with Crippen LogP contribution in [0.1, 0.15) is 12.0 Å². The van der Waals surface area contributed by atoms with E-state index in [4.69, 9.17) is 10.5 Å². The van der Waals surface area contributed by atoms with E-state index in [0.717, 1.165) is 11.3 Å². The molecule has 1 amide bonds. The van der Waals surface area contributed by atoms with Gasteiger partial charge < -0.3 is 20.5 Å². The lowest BCUT2D eigenvalue weighted by molar-refractivity contribution is -0.142. The quantitative estimate of drug-likeness (QED) is 0.705. The Bertz CT molecular complexity index is 522. The third-order valence-electron chi connectivity index (χ3n) is 3.01. The summed E-state index contributed by atoms with van der Waals surface area (Å²) < 4.78 is 9.79. The van der Waals surface area contributed by atoms with Crippen LogP contribution in [0.3, 0.4) is 0 Å². The van der Waals surface area contributed by atoms with Crippen molar-refractivity contribution in [1.82, 2.24) is 0 Å². The van der Waals surface area contributed by atoms with E-state index >= 15 is 0 Å². The smallest absolute Gasteiger partial charge is 0.343 e. The van der Waals surface area contributed by atoms with Crippen molar-refractivity contribution in [1.29, 1.82) is 0 Å². The van der Waals surface area contributed by atoms with Gasteiger partial charge in [0.05, 0.1) is 13.2 Å². The van der Waals surface area contributed by atoms with Gasteiger partial charge in [0.2, 0.25) is 5.91 Å². The first-order valence-electron chi connectivity index (χ1n) is 6.83. The van der Waals surface area contributed by atoms with Crippen molar-refractivity contribution in [3.05, 3.63) is 23.8 Å². The fourth-order valence-corrected chi connectivity index (χ4v) is 2.16. The third kappa shape index (κ3) is 5.95. The zero-order valence-electron chi connectivity index (χ0n) is 13.0. The molecule has 1 aromatic carbocycles. The van der Waals surface area contributed by atoms with Crippen molar-refractivity contribution in [2.45, 2.75) is 19.4 Å². The summed E-state index contributed by atoms with van der Waals surface area (Å²) in [6, 6.07) is 4.62. The minimum absolute atomic E-state index is 0.152. The topological polar surface area (TPSA) is 90.6 Å². The second-order valence-electron chi connectivity index (χ2n) is 4.72. The van der Waals surface area contributed by atoms with Crippen LogP contribution in [0.5, 0.6) is 5.75 Å². The predicted molar refractivity (Wildman–Crippen MR) is 88.3 cm³/mol. The molecule has 3 N–H and O–H groups in total. The number of ether oxygens (including phenoxy) is 2. The number of amides is 1. The summed E-state index contributed by atoms with van der Waals surface area (Å²) in [7, 11) is 1.30. The van der Waals surface area contributed by atoms with Crippen LogP contribution in [0.4, 0.5) is 5.69 Å². The monoisotopic (exact) mass is 326 g/mol. The van der Waals surface area contributed by atoms with Crippen LogP contribution >= 0.6 is 11.8 Å². The number of nitrogens with two attached hydrogens (primary N) is 1. The molecule has 0 aliphatic carbocycles. The van der Waals surface area contributed by atoms with Crippen molar-refractivity contribution in [2.24, 2.45) is 5.73 Å². The van der Waals surface area contributed by atoms with Crippen molar-refractivity contribution in [2.75, 3.05) is 31.0 Å². The van der Waals surface area contributed by atoms with Gasteiger partial charge in [0.15, 0.2) is 6.61 Å². The molecule has 0 aliphatic rings. The van der Waals surface area contributed by atoms with Crippen molar-refractivity contribution < 1.29 is 19.1 Å². The number of hydrogen-bond acceptors (Lipinski definition) is 6. The predicted octanol–water partition coefficient (Wildman–Crippen LogP) is 1.57. The molecule has 22 heavy (non-hydrogen) atoms. The van der Waals surface area contributed by atoms with Gasteiger partial charge in [-0.25, -0.2) is 4.79 Å². The molecule has 0 radical (unpaired) electrons. The molecule has 1 atom stereocenters. The van der Waals surface area contributed by atoms with Crippen LogP contribution in [-0.2, 0) is 14.3 Å². The number of nitrogens with one attached hydrogen (secondary N) is 1. The van der Waals surface area contributed by atoms with E-state index in [9.17, 15) is 9.59 Å². The van der Waals surface area contributed by atoms with Gasteiger partial charge >= 0.3 is 5.97 Å². The standard InChI is InChI=1S/C15H22N2O4S/c1-10-8-11(21-9-14(18)20-2)4-5-13(10)17-15(19)12(16)6-7-22-3/h4-5,8,12H,6-7,9,16H2,1-3H3,(H,17,19)/t12-/m0/s1. The zero-order valence-corrected chi connectivity index (χ0v) is 13.9. The maximum Gasteiger partial charge on any atom is 0.343 e. The highest BCUT2D eigenvalue weighted by atomic mass is 32.2. The fraction of sp³-hybridized carbons (Fsp3) is 0.467. The van der Waals surface area contributed by atoms with Gasteiger partial charge in [-0.15, -0.1) is 0 Å². The van der Waals surface area contributed by atoms with Gasteiger partial charge in [0, 0.05) is 5.69 Å². The summed E-state index contributed by atoms with van der Waals surface area (Å²) >= 11 is 1.65. The average molecular weight is 326 g/mol. The average Bonchev–Trinajstić information content (AvgIpc) is 2.52. The number of thioether (sulfide) groups is 1. The Labute approximate surface area is 134 Å². The number of benzene rings is 1. The molecule has 6 nitrogen and oxygen atoms in total. The van der Waals surface area contributed by atoms with Gasteiger partial charge in [0.25, 0.3) is 0 Å². The fourth-order valence-electron chi connectivity index (χ4n) is 1.67. The van der Waals surface area contributed by atoms with Crippen molar-refractivity contribution in [3.8, 4) is 5.75 Å². The largest absolute Gasteiger partial charge is 0.482 e. The molecule has 122 valence electrons. The normalized spacial score (nSPS) is 11.6. The Hall–Kier alpha value is -1.73. The number of carbonyl (C=O) groups excluding carboxylic acids is 2. The lowest BCUT2D eigenvalue weighted by Crippen LogP contribution is -2.36. The number of esters is 1. The second kappa shape index (κ2) is 9.32. The van der Waals surface area contributed by atoms with E-state index in [2.05, 4.69) is 10.1 Å². The maximum absolute atomic E-state index is 12.0. The molecular formula is C15H22N2O4S. The first-order valence-corrected chi connectivity index (χ1v) is 8.23. The number of aryl methyl sites for hydroxylation is 1. The first kappa shape index (κ1) is 18.3. The molecule has 0 spiro atoms. The number of methoxy groups -OCH3 is 1. The van der Waals surface area contributed by atoms with Gasteiger partial charge in [-0.2, -0.15) is 11.8 Å². The highest BCUT2D eigenvalue weighted by Gasteiger charge is 2.14. The molecule has 0 unspecified atom stereocenters. The molecule has 0 bridgehead atoms. The second-order valence-corrected chi connectivity index (χ2v) is 5.70. The van der Waals surface area contributed by atoms with Gasteiger partial charge in [0.1, 0.15) is 5.75 Å². The molecule has 7 heteroatoms. The SMILES string of the molecule is COC(=O)COc1ccc(NC(=O)[C@@H](N)CCSC)c(C)c1. The summed E-state index contributed by atoms with van der Waals surface area (Å²) in [6.45, 7) is 1.69. The molecule has 0 saturated carbocycles. The lowest BCUT2D eigenvalue weighted by atomic mass is 10.1. The molecule has 1 aromatic rings. The molecule has 0 heterocycles. The summed E-state index contributed by atoms with van der Waals surface area (Å²) in [6.07, 6.45) is 2.61. The Morgan fingerprint density at radius 3 is 2.73 bits per heavy atom. The summed E-state index contributed by atoms with van der Waals surface area (Å²) in [5, 5.41) is 2.80. The molecule has 0 aliphatic heterocycles. The minimum Gasteiger partial charge on any atom is -0.482 e. The highest BCUT2D eigenvalue weighted by Crippen LogP contribution is 2.21. The van der Waals surface area contributed by atoms with E-state index in [1.807, 2.05) is 13.2 Å². The van der Waals surface area contributed by atoms with E-state index in [1.165, 1.54) is 7.11 Å². The van der Waals surface area contributed by atoms with E-state index < -0.39 is 12.0 Å². The van der Waals surface area contributed by atoms with Crippen LogP contribution in [-0.4, -0.2) is 43.6 Å². The van der Waals surface area contributed by atoms with Crippen LogP contribution in [0, 0.1) is 6.92 Å². The number of carbonyl (C=O) groups is 2. The number of hydrogen-bond donors (Lipinski definition) is 2. The summed E-state index contributed by atoms with van der Waals surface area (Å²) in [5.74, 6) is 0.719. The molecule has 0 aromatic heterocycles. The van der Waals surface area contributed by atoms with Gasteiger partial charge in [-0.05, 0) is 49.1 Å². The molecule has 1 rings (SSSR count). The van der Waals surface area contributed by atoms with E-state index in [1.54, 1.807) is 30.0 Å². The summed E-state index contributed by atoms with van der Waals surface area (Å²) in [4.78, 5) is 23.0. The maximum atomic E-state index is 12.0. The first-order chi connectivity index (χ1) is 10.5. The van der Waals surface area contributed by atoms with Gasteiger partial charge in [-0.3, -0.25) is 4.79 Å². The third-order valence-corrected chi connectivity index (χ3v) is 3.65. The van der Waals surface area contributed by atoms with Gasteiger partial charge in [-0.1, -0.05) is 0 Å². The summed E-state index contributed by atoms with van der Waals surface area (Å²) in [5.41, 5.74) is 7.33. The lowest BCUT2D eigenvalue weighted by Gasteiger charge is -2.14. The van der Waals surface area contributed by atoms with Crippen molar-refractivity contribution in [3.63, 3.8) is 0 Å². The Morgan fingerprint density at radius 2 is 2.14 bits per heavy atom. The van der Waals surface area contributed by atoms with E-state index in [-0.39, 0.29) is 12.5 Å². The molecule has 0 saturated heterocycles.